The Kier molecular flexibility index (Phi) is 5.51. The minimum Gasteiger partial charge on any atom is -0.493 e. The maximum Gasteiger partial charge on any atom is 0.255 e. The topological polar surface area (TPSA) is 90.1 Å². The first kappa shape index (κ1) is 15.2. The summed E-state index contributed by atoms with van der Waals surface area (Å²) in [7, 11) is 0. The van der Waals surface area contributed by atoms with Crippen LogP contribution in [0.5, 0.6) is 5.75 Å². The Morgan fingerprint density at radius 1 is 1.38 bits per heavy atom. The van der Waals surface area contributed by atoms with Crippen LogP contribution in [-0.4, -0.2) is 29.3 Å². The van der Waals surface area contributed by atoms with Crippen molar-refractivity contribution in [1.29, 1.82) is 0 Å². The van der Waals surface area contributed by atoms with E-state index in [4.69, 9.17) is 10.5 Å². The lowest BCUT2D eigenvalue weighted by atomic mass is 10.2. The average molecular weight is 306 g/mol. The van der Waals surface area contributed by atoms with Crippen molar-refractivity contribution < 1.29 is 9.53 Å². The van der Waals surface area contributed by atoms with Crippen LogP contribution in [0.2, 0.25) is 0 Å². The molecule has 0 unspecified atom stereocenters. The van der Waals surface area contributed by atoms with Crippen molar-refractivity contribution in [3.05, 3.63) is 34.8 Å². The third-order valence-electron chi connectivity index (χ3n) is 2.77. The van der Waals surface area contributed by atoms with Gasteiger partial charge in [-0.15, -0.1) is 10.2 Å². The van der Waals surface area contributed by atoms with Crippen LogP contribution in [0.25, 0.3) is 0 Å². The molecule has 1 aromatic carbocycles. The molecule has 1 amide bonds. The summed E-state index contributed by atoms with van der Waals surface area (Å²) in [5.74, 6) is 0.477. The molecule has 1 heterocycles. The van der Waals surface area contributed by atoms with E-state index < -0.39 is 0 Å². The summed E-state index contributed by atoms with van der Waals surface area (Å²) in [5, 5.41) is 11.9. The van der Waals surface area contributed by atoms with Crippen LogP contribution in [0.3, 0.4) is 0 Å². The summed E-state index contributed by atoms with van der Waals surface area (Å²) >= 11 is 1.37. The lowest BCUT2D eigenvalue weighted by molar-refractivity contribution is 0.0949. The number of aromatic nitrogens is 2. The summed E-state index contributed by atoms with van der Waals surface area (Å²) in [4.78, 5) is 12.1. The standard InChI is InChI=1S/C14H18N4O2S/c1-2-20-11-7-4-3-6-10(11)13(19)16-9-5-8-12-17-18-14(15)21-12/h3-4,6-7H,2,5,8-9H2,1H3,(H2,15,18)(H,16,19). The Bertz CT molecular complexity index is 600. The molecule has 1 aromatic heterocycles. The fourth-order valence-corrected chi connectivity index (χ4v) is 2.49. The van der Waals surface area contributed by atoms with Crippen molar-refractivity contribution >= 4 is 22.4 Å². The molecule has 2 aromatic rings. The number of hydrogen-bond acceptors (Lipinski definition) is 6. The molecule has 0 aliphatic heterocycles. The second-order valence-electron chi connectivity index (χ2n) is 4.32. The number of carbonyl (C=O) groups excluding carboxylic acids is 1. The van der Waals surface area contributed by atoms with Crippen molar-refractivity contribution in [1.82, 2.24) is 15.5 Å². The molecule has 2 rings (SSSR count). The highest BCUT2D eigenvalue weighted by molar-refractivity contribution is 7.15. The van der Waals surface area contributed by atoms with Crippen molar-refractivity contribution in [3.63, 3.8) is 0 Å². The van der Waals surface area contributed by atoms with Gasteiger partial charge in [0.05, 0.1) is 12.2 Å². The van der Waals surface area contributed by atoms with Crippen LogP contribution in [-0.2, 0) is 6.42 Å². The molecule has 0 aliphatic carbocycles. The maximum absolute atomic E-state index is 12.1. The third kappa shape index (κ3) is 4.42. The molecule has 0 radical (unpaired) electrons. The van der Waals surface area contributed by atoms with Gasteiger partial charge in [0.15, 0.2) is 0 Å². The normalized spacial score (nSPS) is 10.3. The molecule has 3 N–H and O–H groups in total. The van der Waals surface area contributed by atoms with E-state index >= 15 is 0 Å². The van der Waals surface area contributed by atoms with E-state index in [0.717, 1.165) is 17.8 Å². The van der Waals surface area contributed by atoms with Crippen molar-refractivity contribution in [3.8, 4) is 5.75 Å². The Morgan fingerprint density at radius 2 is 2.19 bits per heavy atom. The molecule has 0 bridgehead atoms. The number of aryl methyl sites for hydroxylation is 1. The predicted molar refractivity (Wildman–Crippen MR) is 82.6 cm³/mol. The monoisotopic (exact) mass is 306 g/mol. The predicted octanol–water partition coefficient (Wildman–Crippen LogP) is 1.88. The zero-order valence-corrected chi connectivity index (χ0v) is 12.7. The molecule has 0 atom stereocenters. The molecule has 21 heavy (non-hydrogen) atoms. The first-order valence-electron chi connectivity index (χ1n) is 6.78. The Hall–Kier alpha value is -2.15. The van der Waals surface area contributed by atoms with Crippen molar-refractivity contribution in [2.45, 2.75) is 19.8 Å². The molecule has 112 valence electrons. The van der Waals surface area contributed by atoms with Gasteiger partial charge in [0.1, 0.15) is 10.8 Å². The van der Waals surface area contributed by atoms with Crippen LogP contribution in [0.15, 0.2) is 24.3 Å². The van der Waals surface area contributed by atoms with E-state index in [-0.39, 0.29) is 5.91 Å². The number of benzene rings is 1. The second kappa shape index (κ2) is 7.58. The number of anilines is 1. The lowest BCUT2D eigenvalue weighted by Gasteiger charge is -2.10. The summed E-state index contributed by atoms with van der Waals surface area (Å²) in [5.41, 5.74) is 6.07. The van der Waals surface area contributed by atoms with Gasteiger partial charge in [-0.05, 0) is 25.5 Å². The molecular weight excluding hydrogens is 288 g/mol. The number of nitrogens with one attached hydrogen (secondary N) is 1. The molecule has 7 heteroatoms. The Labute approximate surface area is 127 Å². The Balaban J connectivity index is 1.82. The first-order valence-corrected chi connectivity index (χ1v) is 7.60. The fraction of sp³-hybridized carbons (Fsp3) is 0.357. The highest BCUT2D eigenvalue weighted by Crippen LogP contribution is 2.17. The van der Waals surface area contributed by atoms with Gasteiger partial charge in [-0.3, -0.25) is 4.79 Å². The molecule has 0 fully saturated rings. The number of carbonyl (C=O) groups is 1. The molecule has 0 saturated carbocycles. The Morgan fingerprint density at radius 3 is 2.90 bits per heavy atom. The summed E-state index contributed by atoms with van der Waals surface area (Å²) < 4.78 is 5.45. The molecule has 0 saturated heterocycles. The highest BCUT2D eigenvalue weighted by atomic mass is 32.1. The summed E-state index contributed by atoms with van der Waals surface area (Å²) in [6, 6.07) is 7.22. The van der Waals surface area contributed by atoms with Gasteiger partial charge in [-0.25, -0.2) is 0 Å². The third-order valence-corrected chi connectivity index (χ3v) is 3.58. The summed E-state index contributed by atoms with van der Waals surface area (Å²) in [6.45, 7) is 2.99. The van der Waals surface area contributed by atoms with Crippen LogP contribution >= 0.6 is 11.3 Å². The van der Waals surface area contributed by atoms with Gasteiger partial charge in [0.2, 0.25) is 5.13 Å². The van der Waals surface area contributed by atoms with Crippen molar-refractivity contribution in [2.24, 2.45) is 0 Å². The van der Waals surface area contributed by atoms with E-state index in [0.29, 0.717) is 29.6 Å². The number of amides is 1. The second-order valence-corrected chi connectivity index (χ2v) is 5.42. The number of hydrogen-bond donors (Lipinski definition) is 2. The van der Waals surface area contributed by atoms with Crippen LogP contribution in [0.4, 0.5) is 5.13 Å². The lowest BCUT2D eigenvalue weighted by Crippen LogP contribution is -2.25. The quantitative estimate of drug-likeness (QED) is 0.762. The minimum atomic E-state index is -0.129. The number of ether oxygens (including phenoxy) is 1. The molecule has 0 spiro atoms. The first-order chi connectivity index (χ1) is 10.2. The smallest absolute Gasteiger partial charge is 0.255 e. The maximum atomic E-state index is 12.1. The minimum absolute atomic E-state index is 0.129. The van der Waals surface area contributed by atoms with Gasteiger partial charge in [0, 0.05) is 13.0 Å². The summed E-state index contributed by atoms with van der Waals surface area (Å²) in [6.07, 6.45) is 1.54. The molecule has 6 nitrogen and oxygen atoms in total. The van der Waals surface area contributed by atoms with Gasteiger partial charge in [-0.2, -0.15) is 0 Å². The zero-order valence-electron chi connectivity index (χ0n) is 11.8. The number of nitrogens with two attached hydrogens (primary N) is 1. The number of nitrogens with zero attached hydrogens (tertiary/aromatic N) is 2. The zero-order chi connectivity index (χ0) is 15.1. The largest absolute Gasteiger partial charge is 0.493 e. The average Bonchev–Trinajstić information content (AvgIpc) is 2.90. The molecule has 0 aliphatic rings. The number of para-hydroxylation sites is 1. The van der Waals surface area contributed by atoms with E-state index in [1.54, 1.807) is 12.1 Å². The SMILES string of the molecule is CCOc1ccccc1C(=O)NCCCc1nnc(N)s1. The van der Waals surface area contributed by atoms with Gasteiger partial charge < -0.3 is 15.8 Å². The van der Waals surface area contributed by atoms with E-state index in [1.165, 1.54) is 11.3 Å². The number of nitrogen functional groups attached to an aromatic ring is 1. The number of rotatable bonds is 7. The molecular formula is C14H18N4O2S. The van der Waals surface area contributed by atoms with Gasteiger partial charge in [0.25, 0.3) is 5.91 Å². The van der Waals surface area contributed by atoms with Gasteiger partial charge >= 0.3 is 0 Å². The fourth-order valence-electron chi connectivity index (χ4n) is 1.84. The van der Waals surface area contributed by atoms with E-state index in [9.17, 15) is 4.79 Å². The highest BCUT2D eigenvalue weighted by Gasteiger charge is 2.11. The van der Waals surface area contributed by atoms with Crippen LogP contribution in [0, 0.1) is 0 Å². The van der Waals surface area contributed by atoms with E-state index in [2.05, 4.69) is 15.5 Å². The van der Waals surface area contributed by atoms with E-state index in [1.807, 2.05) is 19.1 Å². The van der Waals surface area contributed by atoms with Gasteiger partial charge in [-0.1, -0.05) is 23.5 Å². The van der Waals surface area contributed by atoms with Crippen LogP contribution < -0.4 is 15.8 Å². The van der Waals surface area contributed by atoms with Crippen LogP contribution in [0.1, 0.15) is 28.7 Å². The van der Waals surface area contributed by atoms with Crippen molar-refractivity contribution in [2.75, 3.05) is 18.9 Å².